The van der Waals surface area contributed by atoms with Crippen molar-refractivity contribution in [1.29, 1.82) is 0 Å². The van der Waals surface area contributed by atoms with E-state index in [0.29, 0.717) is 0 Å². The highest BCUT2D eigenvalue weighted by Crippen LogP contribution is 2.24. The Morgan fingerprint density at radius 3 is 2.88 bits per heavy atom. The van der Waals surface area contributed by atoms with Crippen LogP contribution in [0.3, 0.4) is 0 Å². The Morgan fingerprint density at radius 2 is 2.24 bits per heavy atom. The first-order valence-electron chi connectivity index (χ1n) is 5.89. The van der Waals surface area contributed by atoms with Crippen LogP contribution in [0.1, 0.15) is 31.9 Å². The average Bonchev–Trinajstić information content (AvgIpc) is 2.71. The number of benzene rings is 1. The molecule has 17 heavy (non-hydrogen) atoms. The summed E-state index contributed by atoms with van der Waals surface area (Å²) in [5, 5.41) is 3.32. The van der Waals surface area contributed by atoms with E-state index in [0.717, 1.165) is 17.5 Å². The van der Waals surface area contributed by atoms with Gasteiger partial charge in [-0.25, -0.2) is 4.98 Å². The van der Waals surface area contributed by atoms with Crippen LogP contribution in [-0.2, 0) is 0 Å². The van der Waals surface area contributed by atoms with Crippen LogP contribution in [0, 0.1) is 0 Å². The average molecular weight is 232 g/mol. The van der Waals surface area contributed by atoms with Crippen molar-refractivity contribution < 1.29 is 0 Å². The van der Waals surface area contributed by atoms with Crippen LogP contribution < -0.4 is 11.1 Å². The molecule has 0 amide bonds. The number of hydrogen-bond acceptors (Lipinski definition) is 3. The quantitative estimate of drug-likeness (QED) is 0.754. The molecule has 1 atom stereocenters. The number of nitrogens with two attached hydrogens (primary N) is 1. The molecule has 0 fully saturated rings. The van der Waals surface area contributed by atoms with E-state index in [1.54, 1.807) is 6.33 Å². The van der Waals surface area contributed by atoms with Crippen molar-refractivity contribution in [1.82, 2.24) is 15.3 Å². The van der Waals surface area contributed by atoms with Gasteiger partial charge in [0.25, 0.3) is 0 Å². The SMILES string of the molecule is CNC(CC(C)(C)N)c1ccc2nc[nH]c2c1. The first kappa shape index (κ1) is 12.1. The van der Waals surface area contributed by atoms with E-state index >= 15 is 0 Å². The van der Waals surface area contributed by atoms with Crippen molar-refractivity contribution in [2.24, 2.45) is 5.73 Å². The van der Waals surface area contributed by atoms with Gasteiger partial charge in [0.05, 0.1) is 17.4 Å². The number of nitrogens with one attached hydrogen (secondary N) is 2. The number of aromatic amines is 1. The minimum atomic E-state index is -0.184. The molecule has 0 bridgehead atoms. The van der Waals surface area contributed by atoms with Crippen LogP contribution >= 0.6 is 0 Å². The highest BCUT2D eigenvalue weighted by atomic mass is 14.9. The molecule has 0 saturated heterocycles. The van der Waals surface area contributed by atoms with Gasteiger partial charge in [0.1, 0.15) is 0 Å². The maximum Gasteiger partial charge on any atom is 0.0931 e. The molecular weight excluding hydrogens is 212 g/mol. The summed E-state index contributed by atoms with van der Waals surface area (Å²) in [6.07, 6.45) is 2.61. The summed E-state index contributed by atoms with van der Waals surface area (Å²) >= 11 is 0. The van der Waals surface area contributed by atoms with E-state index in [1.807, 2.05) is 27.0 Å². The van der Waals surface area contributed by atoms with Crippen molar-refractivity contribution in [2.45, 2.75) is 31.8 Å². The van der Waals surface area contributed by atoms with Crippen LogP contribution in [0.2, 0.25) is 0 Å². The molecule has 4 nitrogen and oxygen atoms in total. The maximum absolute atomic E-state index is 6.08. The van der Waals surface area contributed by atoms with Gasteiger partial charge in [-0.05, 0) is 45.0 Å². The van der Waals surface area contributed by atoms with Gasteiger partial charge in [0, 0.05) is 11.6 Å². The molecule has 0 aliphatic rings. The number of nitrogens with zero attached hydrogens (tertiary/aromatic N) is 1. The van der Waals surface area contributed by atoms with Gasteiger partial charge < -0.3 is 16.0 Å². The number of fused-ring (bicyclic) bond motifs is 1. The number of hydrogen-bond donors (Lipinski definition) is 3. The van der Waals surface area contributed by atoms with Crippen LogP contribution in [0.25, 0.3) is 11.0 Å². The number of rotatable bonds is 4. The standard InChI is InChI=1S/C13H20N4/c1-13(2,14)7-12(15-3)9-4-5-10-11(6-9)17-8-16-10/h4-6,8,12,15H,7,14H2,1-3H3,(H,16,17). The Balaban J connectivity index is 2.29. The van der Waals surface area contributed by atoms with Crippen molar-refractivity contribution >= 4 is 11.0 Å². The second-order valence-electron chi connectivity index (χ2n) is 5.21. The summed E-state index contributed by atoms with van der Waals surface area (Å²) in [5.74, 6) is 0. The molecular formula is C13H20N4. The van der Waals surface area contributed by atoms with E-state index in [1.165, 1.54) is 5.56 Å². The van der Waals surface area contributed by atoms with Crippen molar-refractivity contribution in [3.05, 3.63) is 30.1 Å². The van der Waals surface area contributed by atoms with E-state index in [4.69, 9.17) is 5.73 Å². The lowest BCUT2D eigenvalue weighted by molar-refractivity contribution is 0.396. The predicted molar refractivity (Wildman–Crippen MR) is 70.8 cm³/mol. The van der Waals surface area contributed by atoms with Gasteiger partial charge in [0.2, 0.25) is 0 Å². The largest absolute Gasteiger partial charge is 0.345 e. The van der Waals surface area contributed by atoms with Crippen molar-refractivity contribution in [2.75, 3.05) is 7.05 Å². The van der Waals surface area contributed by atoms with Crippen LogP contribution in [0.15, 0.2) is 24.5 Å². The summed E-state index contributed by atoms with van der Waals surface area (Å²) in [6.45, 7) is 4.10. The van der Waals surface area contributed by atoms with Crippen LogP contribution in [0.5, 0.6) is 0 Å². The Labute approximate surface area is 102 Å². The smallest absolute Gasteiger partial charge is 0.0931 e. The topological polar surface area (TPSA) is 66.7 Å². The fourth-order valence-electron chi connectivity index (χ4n) is 2.08. The summed E-state index contributed by atoms with van der Waals surface area (Å²) in [4.78, 5) is 7.35. The lowest BCUT2D eigenvalue weighted by atomic mass is 9.92. The molecule has 1 aromatic heterocycles. The normalized spacial score (nSPS) is 14.1. The highest BCUT2D eigenvalue weighted by molar-refractivity contribution is 5.75. The third kappa shape index (κ3) is 2.84. The minimum absolute atomic E-state index is 0.184. The second kappa shape index (κ2) is 4.47. The van der Waals surface area contributed by atoms with Gasteiger partial charge in [-0.2, -0.15) is 0 Å². The third-order valence-corrected chi connectivity index (χ3v) is 2.93. The number of aromatic nitrogens is 2. The van der Waals surface area contributed by atoms with Gasteiger partial charge in [-0.3, -0.25) is 0 Å². The Morgan fingerprint density at radius 1 is 1.47 bits per heavy atom. The van der Waals surface area contributed by atoms with Gasteiger partial charge in [-0.15, -0.1) is 0 Å². The van der Waals surface area contributed by atoms with E-state index in [9.17, 15) is 0 Å². The van der Waals surface area contributed by atoms with Crippen molar-refractivity contribution in [3.8, 4) is 0 Å². The number of H-pyrrole nitrogens is 1. The van der Waals surface area contributed by atoms with Crippen LogP contribution in [0.4, 0.5) is 0 Å². The zero-order chi connectivity index (χ0) is 12.5. The molecule has 1 heterocycles. The lowest BCUT2D eigenvalue weighted by Crippen LogP contribution is -2.36. The van der Waals surface area contributed by atoms with E-state index in [2.05, 4.69) is 27.4 Å². The molecule has 0 spiro atoms. The summed E-state index contributed by atoms with van der Waals surface area (Å²) in [5.41, 5.74) is 9.20. The molecule has 1 aromatic carbocycles. The molecule has 0 aliphatic heterocycles. The van der Waals surface area contributed by atoms with E-state index in [-0.39, 0.29) is 11.6 Å². The molecule has 2 aromatic rings. The van der Waals surface area contributed by atoms with Gasteiger partial charge in [0.15, 0.2) is 0 Å². The molecule has 92 valence electrons. The third-order valence-electron chi connectivity index (χ3n) is 2.93. The molecule has 4 N–H and O–H groups in total. The lowest BCUT2D eigenvalue weighted by Gasteiger charge is -2.26. The highest BCUT2D eigenvalue weighted by Gasteiger charge is 2.19. The van der Waals surface area contributed by atoms with Crippen molar-refractivity contribution in [3.63, 3.8) is 0 Å². The zero-order valence-corrected chi connectivity index (χ0v) is 10.6. The molecule has 0 aliphatic carbocycles. The van der Waals surface area contributed by atoms with Gasteiger partial charge in [-0.1, -0.05) is 6.07 Å². The monoisotopic (exact) mass is 232 g/mol. The first-order valence-corrected chi connectivity index (χ1v) is 5.89. The first-order chi connectivity index (χ1) is 7.99. The molecule has 2 rings (SSSR count). The summed E-state index contributed by atoms with van der Waals surface area (Å²) in [6, 6.07) is 6.54. The predicted octanol–water partition coefficient (Wildman–Crippen LogP) is 1.95. The van der Waals surface area contributed by atoms with Gasteiger partial charge >= 0.3 is 0 Å². The Bertz CT molecular complexity index is 495. The molecule has 0 saturated carbocycles. The van der Waals surface area contributed by atoms with Crippen LogP contribution in [-0.4, -0.2) is 22.6 Å². The zero-order valence-electron chi connectivity index (χ0n) is 10.6. The summed E-state index contributed by atoms with van der Waals surface area (Å²) < 4.78 is 0. The second-order valence-corrected chi connectivity index (χ2v) is 5.21. The fourth-order valence-corrected chi connectivity index (χ4v) is 2.08. The Hall–Kier alpha value is -1.39. The van der Waals surface area contributed by atoms with E-state index < -0.39 is 0 Å². The number of imidazole rings is 1. The molecule has 0 radical (unpaired) electrons. The fraction of sp³-hybridized carbons (Fsp3) is 0.462. The molecule has 4 heteroatoms. The molecule has 1 unspecified atom stereocenters. The maximum atomic E-state index is 6.08. The Kier molecular flexibility index (Phi) is 3.17. The summed E-state index contributed by atoms with van der Waals surface area (Å²) in [7, 11) is 1.97. The minimum Gasteiger partial charge on any atom is -0.345 e.